The molecule has 1 heterocycles. The first-order valence-corrected chi connectivity index (χ1v) is 17.9. The molecular formula is C40H57N2O7+. The van der Waals surface area contributed by atoms with Gasteiger partial charge in [-0.25, -0.2) is 14.3 Å². The first kappa shape index (κ1) is 39.2. The fourth-order valence-electron chi connectivity index (χ4n) is 5.81. The van der Waals surface area contributed by atoms with Crippen LogP contribution in [0.25, 0.3) is 0 Å². The van der Waals surface area contributed by atoms with Crippen molar-refractivity contribution in [3.63, 3.8) is 0 Å². The van der Waals surface area contributed by atoms with Crippen LogP contribution in [0.1, 0.15) is 113 Å². The maximum absolute atomic E-state index is 13.8. The SMILES string of the molecule is CCCCCCCCCCCCCCOc1c(OC)cc(COC(=O)N(Cc2cccc[n+]2CC)C(=O)c2ccccc2OC)cc1OC. The van der Waals surface area contributed by atoms with E-state index in [4.69, 9.17) is 23.7 Å². The Morgan fingerprint density at radius 1 is 0.694 bits per heavy atom. The third-order valence-electron chi connectivity index (χ3n) is 8.63. The van der Waals surface area contributed by atoms with E-state index in [9.17, 15) is 9.59 Å². The molecule has 268 valence electrons. The van der Waals surface area contributed by atoms with Crippen LogP contribution in [-0.2, 0) is 24.4 Å². The van der Waals surface area contributed by atoms with Gasteiger partial charge in [0, 0.05) is 12.1 Å². The van der Waals surface area contributed by atoms with E-state index in [0.29, 0.717) is 41.7 Å². The molecule has 0 saturated carbocycles. The molecule has 0 saturated heterocycles. The van der Waals surface area contributed by atoms with Gasteiger partial charge in [-0.1, -0.05) is 95.8 Å². The van der Waals surface area contributed by atoms with E-state index in [1.54, 1.807) is 50.6 Å². The minimum Gasteiger partial charge on any atom is -0.496 e. The Labute approximate surface area is 293 Å². The number of para-hydroxylation sites is 1. The summed E-state index contributed by atoms with van der Waals surface area (Å²) >= 11 is 0. The van der Waals surface area contributed by atoms with E-state index in [-0.39, 0.29) is 18.7 Å². The van der Waals surface area contributed by atoms with Crippen LogP contribution < -0.4 is 23.5 Å². The summed E-state index contributed by atoms with van der Waals surface area (Å²) in [6.07, 6.45) is 16.4. The maximum Gasteiger partial charge on any atom is 0.417 e. The van der Waals surface area contributed by atoms with Crippen LogP contribution in [0.5, 0.6) is 23.0 Å². The number of benzene rings is 2. The number of amides is 2. The van der Waals surface area contributed by atoms with Crippen LogP contribution in [0.4, 0.5) is 4.79 Å². The van der Waals surface area contributed by atoms with Crippen molar-refractivity contribution in [1.82, 2.24) is 4.90 Å². The van der Waals surface area contributed by atoms with Crippen molar-refractivity contribution in [1.29, 1.82) is 0 Å². The average Bonchev–Trinajstić information content (AvgIpc) is 3.14. The van der Waals surface area contributed by atoms with Gasteiger partial charge in [0.25, 0.3) is 5.91 Å². The fraction of sp³-hybridized carbons (Fsp3) is 0.525. The normalized spacial score (nSPS) is 10.8. The van der Waals surface area contributed by atoms with Gasteiger partial charge in [-0.15, -0.1) is 0 Å². The number of nitrogens with zero attached hydrogens (tertiary/aromatic N) is 2. The van der Waals surface area contributed by atoms with Gasteiger partial charge in [-0.2, -0.15) is 0 Å². The number of rotatable bonds is 23. The zero-order chi connectivity index (χ0) is 35.3. The number of hydrogen-bond acceptors (Lipinski definition) is 7. The van der Waals surface area contributed by atoms with E-state index >= 15 is 0 Å². The second-order valence-corrected chi connectivity index (χ2v) is 12.2. The summed E-state index contributed by atoms with van der Waals surface area (Å²) in [5.74, 6) is 1.34. The van der Waals surface area contributed by atoms with Crippen LogP contribution >= 0.6 is 0 Å². The Morgan fingerprint density at radius 3 is 1.86 bits per heavy atom. The number of imide groups is 1. The van der Waals surface area contributed by atoms with Crippen LogP contribution in [0, 0.1) is 0 Å². The molecule has 0 aliphatic rings. The molecule has 0 atom stereocenters. The largest absolute Gasteiger partial charge is 0.496 e. The zero-order valence-electron chi connectivity index (χ0n) is 30.3. The molecule has 0 N–H and O–H groups in total. The molecule has 3 rings (SSSR count). The van der Waals surface area contributed by atoms with Gasteiger partial charge >= 0.3 is 6.09 Å². The summed E-state index contributed by atoms with van der Waals surface area (Å²) in [7, 11) is 4.62. The molecular weight excluding hydrogens is 620 g/mol. The number of aromatic nitrogens is 1. The molecule has 49 heavy (non-hydrogen) atoms. The number of carbonyl (C=O) groups is 2. The molecule has 2 amide bonds. The van der Waals surface area contributed by atoms with Crippen molar-refractivity contribution < 1.29 is 37.8 Å². The Balaban J connectivity index is 1.60. The van der Waals surface area contributed by atoms with Gasteiger partial charge in [0.15, 0.2) is 17.7 Å². The molecule has 0 spiro atoms. The lowest BCUT2D eigenvalue weighted by atomic mass is 10.1. The van der Waals surface area contributed by atoms with Crippen LogP contribution in [0.2, 0.25) is 0 Å². The monoisotopic (exact) mass is 677 g/mol. The smallest absolute Gasteiger partial charge is 0.417 e. The predicted molar refractivity (Wildman–Crippen MR) is 191 cm³/mol. The lowest BCUT2D eigenvalue weighted by Gasteiger charge is -2.21. The van der Waals surface area contributed by atoms with E-state index in [2.05, 4.69) is 6.92 Å². The highest BCUT2D eigenvalue weighted by Crippen LogP contribution is 2.39. The standard InChI is InChI=1S/C40H57N2O7/c1-6-8-9-10-11-12-13-14-15-16-17-22-27-48-38-36(46-4)28-32(29-37(38)47-5)31-49-40(44)42(30-33-23-20-21-26-41(33)7-2)39(43)34-24-18-19-25-35(34)45-3/h18-21,23-26,28-29H,6-17,22,27,30-31H2,1-5H3/q+1. The second-order valence-electron chi connectivity index (χ2n) is 12.2. The molecule has 1 aromatic heterocycles. The molecule has 3 aromatic rings. The van der Waals surface area contributed by atoms with Crippen molar-refractivity contribution in [2.75, 3.05) is 27.9 Å². The van der Waals surface area contributed by atoms with E-state index in [1.807, 2.05) is 35.9 Å². The van der Waals surface area contributed by atoms with Gasteiger partial charge < -0.3 is 23.7 Å². The lowest BCUT2D eigenvalue weighted by molar-refractivity contribution is -0.701. The Kier molecular flexibility index (Phi) is 17.9. The summed E-state index contributed by atoms with van der Waals surface area (Å²) < 4.78 is 30.5. The highest BCUT2D eigenvalue weighted by Gasteiger charge is 2.30. The molecule has 0 aliphatic carbocycles. The molecule has 0 fully saturated rings. The third-order valence-corrected chi connectivity index (χ3v) is 8.63. The highest BCUT2D eigenvalue weighted by atomic mass is 16.6. The quantitative estimate of drug-likeness (QED) is 0.0731. The maximum atomic E-state index is 13.8. The van der Waals surface area contributed by atoms with Crippen LogP contribution in [-0.4, -0.2) is 44.8 Å². The van der Waals surface area contributed by atoms with Crippen molar-refractivity contribution in [3.05, 3.63) is 77.6 Å². The number of methoxy groups -OCH3 is 3. The Bertz CT molecular complexity index is 1400. The molecule has 2 aromatic carbocycles. The minimum atomic E-state index is -0.785. The first-order valence-electron chi connectivity index (χ1n) is 17.9. The molecule has 9 nitrogen and oxygen atoms in total. The number of pyridine rings is 1. The van der Waals surface area contributed by atoms with Crippen molar-refractivity contribution in [2.24, 2.45) is 0 Å². The highest BCUT2D eigenvalue weighted by molar-refractivity contribution is 6.04. The molecule has 0 bridgehead atoms. The summed E-state index contributed by atoms with van der Waals surface area (Å²) in [5, 5.41) is 0. The molecule has 0 aliphatic heterocycles. The van der Waals surface area contributed by atoms with Crippen LogP contribution in [0.15, 0.2) is 60.8 Å². The summed E-state index contributed by atoms with van der Waals surface area (Å²) in [6.45, 7) is 5.40. The van der Waals surface area contributed by atoms with E-state index in [1.165, 1.54) is 71.3 Å². The van der Waals surface area contributed by atoms with Crippen molar-refractivity contribution >= 4 is 12.0 Å². The summed E-state index contributed by atoms with van der Waals surface area (Å²) in [4.78, 5) is 28.5. The molecule has 0 unspecified atom stereocenters. The van der Waals surface area contributed by atoms with Crippen molar-refractivity contribution in [3.8, 4) is 23.0 Å². The Morgan fingerprint density at radius 2 is 1.27 bits per heavy atom. The zero-order valence-corrected chi connectivity index (χ0v) is 30.3. The summed E-state index contributed by atoms with van der Waals surface area (Å²) in [5.41, 5.74) is 1.68. The van der Waals surface area contributed by atoms with Gasteiger partial charge in [0.05, 0.1) is 33.5 Å². The van der Waals surface area contributed by atoms with Gasteiger partial charge in [-0.3, -0.25) is 4.79 Å². The molecule has 9 heteroatoms. The predicted octanol–water partition coefficient (Wildman–Crippen LogP) is 9.08. The van der Waals surface area contributed by atoms with Crippen LogP contribution in [0.3, 0.4) is 0 Å². The van der Waals surface area contributed by atoms with Crippen molar-refractivity contribution in [2.45, 2.75) is 111 Å². The number of carbonyl (C=O) groups excluding carboxylic acids is 2. The second kappa shape index (κ2) is 22.4. The van der Waals surface area contributed by atoms with Gasteiger partial charge in [0.2, 0.25) is 11.4 Å². The Hall–Kier alpha value is -4.27. The van der Waals surface area contributed by atoms with E-state index in [0.717, 1.165) is 23.4 Å². The molecule has 0 radical (unpaired) electrons. The topological polar surface area (TPSA) is 87.4 Å². The third kappa shape index (κ3) is 12.6. The number of hydrogen-bond donors (Lipinski definition) is 0. The number of aryl methyl sites for hydroxylation is 1. The van der Waals surface area contributed by atoms with Gasteiger partial charge in [0.1, 0.15) is 25.4 Å². The first-order chi connectivity index (χ1) is 24.0. The van der Waals surface area contributed by atoms with E-state index < -0.39 is 12.0 Å². The summed E-state index contributed by atoms with van der Waals surface area (Å²) in [6, 6.07) is 16.0. The fourth-order valence-corrected chi connectivity index (χ4v) is 5.81. The average molecular weight is 678 g/mol. The minimum absolute atomic E-state index is 0.0168. The number of ether oxygens (including phenoxy) is 5. The van der Waals surface area contributed by atoms with Gasteiger partial charge in [-0.05, 0) is 43.2 Å². The number of unbranched alkanes of at least 4 members (excludes halogenated alkanes) is 11. The lowest BCUT2D eigenvalue weighted by Crippen LogP contribution is -2.43.